The SMILES string of the molecule is COc1ccc([N+](=O)[O-])cc1NC(=O)Cc1csc2nc(-c3ccc(F)cc3)cn12. The van der Waals surface area contributed by atoms with Gasteiger partial charge >= 0.3 is 0 Å². The van der Waals surface area contributed by atoms with E-state index in [2.05, 4.69) is 10.3 Å². The molecular weight excluding hydrogens is 411 g/mol. The highest BCUT2D eigenvalue weighted by Crippen LogP contribution is 2.29. The van der Waals surface area contributed by atoms with E-state index >= 15 is 0 Å². The minimum Gasteiger partial charge on any atom is -0.495 e. The predicted octanol–water partition coefficient (Wildman–Crippen LogP) is 4.30. The quantitative estimate of drug-likeness (QED) is 0.366. The molecule has 2 aromatic carbocycles. The van der Waals surface area contributed by atoms with Crippen molar-refractivity contribution in [3.63, 3.8) is 0 Å². The van der Waals surface area contributed by atoms with Gasteiger partial charge in [-0.15, -0.1) is 11.3 Å². The van der Waals surface area contributed by atoms with E-state index in [4.69, 9.17) is 4.74 Å². The first-order chi connectivity index (χ1) is 14.4. The summed E-state index contributed by atoms with van der Waals surface area (Å²) in [4.78, 5) is 28.3. The lowest BCUT2D eigenvalue weighted by molar-refractivity contribution is -0.384. The lowest BCUT2D eigenvalue weighted by atomic mass is 10.2. The lowest BCUT2D eigenvalue weighted by Gasteiger charge is -2.09. The number of rotatable bonds is 6. The summed E-state index contributed by atoms with van der Waals surface area (Å²) in [5, 5.41) is 15.5. The molecule has 2 aromatic heterocycles. The summed E-state index contributed by atoms with van der Waals surface area (Å²) in [6, 6.07) is 10.0. The van der Waals surface area contributed by atoms with Crippen LogP contribution in [0.4, 0.5) is 15.8 Å². The molecule has 0 aliphatic carbocycles. The summed E-state index contributed by atoms with van der Waals surface area (Å²) in [5.41, 5.74) is 2.22. The third kappa shape index (κ3) is 3.85. The fourth-order valence-corrected chi connectivity index (χ4v) is 3.86. The molecular formula is C20H15FN4O4S. The number of fused-ring (bicyclic) bond motifs is 1. The molecule has 0 aliphatic heterocycles. The van der Waals surface area contributed by atoms with Crippen molar-refractivity contribution in [3.8, 4) is 17.0 Å². The molecule has 4 rings (SSSR count). The number of anilines is 1. The molecule has 0 bridgehead atoms. The first kappa shape index (κ1) is 19.5. The highest BCUT2D eigenvalue weighted by atomic mass is 32.1. The number of imidazole rings is 1. The Morgan fingerprint density at radius 3 is 2.77 bits per heavy atom. The molecule has 1 N–H and O–H groups in total. The van der Waals surface area contributed by atoms with Crippen LogP contribution in [0.5, 0.6) is 5.75 Å². The average molecular weight is 426 g/mol. The smallest absolute Gasteiger partial charge is 0.271 e. The molecule has 0 unspecified atom stereocenters. The predicted molar refractivity (Wildman–Crippen MR) is 110 cm³/mol. The van der Waals surface area contributed by atoms with Crippen molar-refractivity contribution in [2.45, 2.75) is 6.42 Å². The number of hydrogen-bond acceptors (Lipinski definition) is 6. The molecule has 30 heavy (non-hydrogen) atoms. The van der Waals surface area contributed by atoms with Crippen molar-refractivity contribution in [3.05, 3.63) is 75.7 Å². The zero-order valence-corrected chi connectivity index (χ0v) is 16.5. The molecule has 0 radical (unpaired) electrons. The summed E-state index contributed by atoms with van der Waals surface area (Å²) >= 11 is 1.38. The highest BCUT2D eigenvalue weighted by molar-refractivity contribution is 7.15. The van der Waals surface area contributed by atoms with Gasteiger partial charge in [0, 0.05) is 35.0 Å². The number of nitro groups is 1. The number of thiazole rings is 1. The monoisotopic (exact) mass is 426 g/mol. The summed E-state index contributed by atoms with van der Waals surface area (Å²) in [6.07, 6.45) is 1.82. The van der Waals surface area contributed by atoms with Crippen molar-refractivity contribution < 1.29 is 18.8 Å². The first-order valence-electron chi connectivity index (χ1n) is 8.78. The van der Waals surface area contributed by atoms with E-state index in [1.807, 2.05) is 5.38 Å². The van der Waals surface area contributed by atoms with Crippen LogP contribution in [0.2, 0.25) is 0 Å². The second-order valence-electron chi connectivity index (χ2n) is 6.38. The third-order valence-electron chi connectivity index (χ3n) is 4.43. The zero-order valence-electron chi connectivity index (χ0n) is 15.7. The number of carbonyl (C=O) groups is 1. The van der Waals surface area contributed by atoms with Crippen LogP contribution in [0, 0.1) is 15.9 Å². The Morgan fingerprint density at radius 1 is 1.30 bits per heavy atom. The molecule has 8 nitrogen and oxygen atoms in total. The number of nitrogens with one attached hydrogen (secondary N) is 1. The average Bonchev–Trinajstić information content (AvgIpc) is 3.30. The normalized spacial score (nSPS) is 10.9. The van der Waals surface area contributed by atoms with Crippen LogP contribution in [0.1, 0.15) is 5.69 Å². The van der Waals surface area contributed by atoms with Crippen LogP contribution in [0.3, 0.4) is 0 Å². The van der Waals surface area contributed by atoms with E-state index in [-0.39, 0.29) is 29.5 Å². The Morgan fingerprint density at radius 2 is 2.07 bits per heavy atom. The van der Waals surface area contributed by atoms with Crippen LogP contribution in [-0.4, -0.2) is 27.3 Å². The Hall–Kier alpha value is -3.79. The Kier molecular flexibility index (Phi) is 5.15. The highest BCUT2D eigenvalue weighted by Gasteiger charge is 2.16. The van der Waals surface area contributed by atoms with Gasteiger partial charge in [0.2, 0.25) is 5.91 Å². The number of hydrogen-bond donors (Lipinski definition) is 1. The van der Waals surface area contributed by atoms with Crippen LogP contribution < -0.4 is 10.1 Å². The number of carbonyl (C=O) groups excluding carboxylic acids is 1. The first-order valence-corrected chi connectivity index (χ1v) is 9.66. The molecule has 152 valence electrons. The van der Waals surface area contributed by atoms with Crippen molar-refractivity contribution in [2.24, 2.45) is 0 Å². The van der Waals surface area contributed by atoms with Gasteiger partial charge in [0.15, 0.2) is 4.96 Å². The summed E-state index contributed by atoms with van der Waals surface area (Å²) in [7, 11) is 1.42. The van der Waals surface area contributed by atoms with Gasteiger partial charge < -0.3 is 10.1 Å². The Bertz CT molecular complexity index is 1250. The number of amides is 1. The number of nitro benzene ring substituents is 1. The molecule has 0 spiro atoms. The van der Waals surface area contributed by atoms with Crippen LogP contribution >= 0.6 is 11.3 Å². The topological polar surface area (TPSA) is 98.8 Å². The van der Waals surface area contributed by atoms with E-state index in [1.54, 1.807) is 22.7 Å². The maximum absolute atomic E-state index is 13.1. The van der Waals surface area contributed by atoms with Gasteiger partial charge in [0.05, 0.1) is 29.8 Å². The number of benzene rings is 2. The zero-order chi connectivity index (χ0) is 21.3. The maximum atomic E-state index is 13.1. The molecule has 0 saturated heterocycles. The number of halogens is 1. The van der Waals surface area contributed by atoms with Gasteiger partial charge in [0.1, 0.15) is 11.6 Å². The van der Waals surface area contributed by atoms with Gasteiger partial charge in [-0.2, -0.15) is 0 Å². The Balaban J connectivity index is 1.56. The maximum Gasteiger partial charge on any atom is 0.271 e. The molecule has 2 heterocycles. The van der Waals surface area contributed by atoms with Crippen molar-refractivity contribution in [1.82, 2.24) is 9.38 Å². The minimum absolute atomic E-state index is 0.0328. The molecule has 0 atom stereocenters. The van der Waals surface area contributed by atoms with Crippen molar-refractivity contribution >= 4 is 33.6 Å². The fourth-order valence-electron chi connectivity index (χ4n) is 2.98. The van der Waals surface area contributed by atoms with Crippen molar-refractivity contribution in [1.29, 1.82) is 0 Å². The fraction of sp³-hybridized carbons (Fsp3) is 0.100. The second-order valence-corrected chi connectivity index (χ2v) is 7.22. The van der Waals surface area contributed by atoms with E-state index in [0.717, 1.165) is 5.56 Å². The van der Waals surface area contributed by atoms with Crippen LogP contribution in [0.15, 0.2) is 54.0 Å². The third-order valence-corrected chi connectivity index (χ3v) is 5.32. The van der Waals surface area contributed by atoms with Gasteiger partial charge in [-0.05, 0) is 30.3 Å². The van der Waals surface area contributed by atoms with E-state index < -0.39 is 4.92 Å². The number of methoxy groups -OCH3 is 1. The van der Waals surface area contributed by atoms with Crippen molar-refractivity contribution in [2.75, 3.05) is 12.4 Å². The Labute approximate surface area is 173 Å². The number of nitrogens with zero attached hydrogens (tertiary/aromatic N) is 3. The molecule has 0 saturated carbocycles. The number of aromatic nitrogens is 2. The van der Waals surface area contributed by atoms with Gasteiger partial charge in [-0.1, -0.05) is 0 Å². The van der Waals surface area contributed by atoms with E-state index in [0.29, 0.717) is 22.1 Å². The summed E-state index contributed by atoms with van der Waals surface area (Å²) < 4.78 is 20.1. The second kappa shape index (κ2) is 7.91. The summed E-state index contributed by atoms with van der Waals surface area (Å²) in [6.45, 7) is 0. The number of ether oxygens (including phenoxy) is 1. The van der Waals surface area contributed by atoms with Crippen LogP contribution in [0.25, 0.3) is 16.2 Å². The van der Waals surface area contributed by atoms with Crippen LogP contribution in [-0.2, 0) is 11.2 Å². The minimum atomic E-state index is -0.542. The molecule has 0 aliphatic rings. The van der Waals surface area contributed by atoms with Gasteiger partial charge in [-0.25, -0.2) is 9.37 Å². The molecule has 10 heteroatoms. The standard InChI is InChI=1S/C20H15FN4O4S/c1-29-18-7-6-14(25(27)28)8-16(18)22-19(26)9-15-11-30-20-23-17(10-24(15)20)12-2-4-13(21)5-3-12/h2-8,10-11H,9H2,1H3,(H,22,26). The van der Waals surface area contributed by atoms with E-state index in [1.165, 1.54) is 48.8 Å². The lowest BCUT2D eigenvalue weighted by Crippen LogP contribution is -2.16. The summed E-state index contributed by atoms with van der Waals surface area (Å²) in [5.74, 6) is -0.357. The largest absolute Gasteiger partial charge is 0.495 e. The van der Waals surface area contributed by atoms with Gasteiger partial charge in [-0.3, -0.25) is 19.3 Å². The molecule has 0 fully saturated rings. The molecule has 4 aromatic rings. The molecule has 1 amide bonds. The van der Waals surface area contributed by atoms with Gasteiger partial charge in [0.25, 0.3) is 5.69 Å². The van der Waals surface area contributed by atoms with E-state index in [9.17, 15) is 19.3 Å². The number of non-ortho nitro benzene ring substituents is 1.